The van der Waals surface area contributed by atoms with Gasteiger partial charge in [-0.1, -0.05) is 68.7 Å². The predicted octanol–water partition coefficient (Wildman–Crippen LogP) is 5.71. The SMILES string of the molecule is CC(C)(C)[CH-]C1[CH-]OC(C(C)(C)C)C1.[CH2-]C(C)(C)C.[W+2].[W]. The summed E-state index contributed by atoms with van der Waals surface area (Å²) < 4.78 is 5.72. The molecule has 0 aromatic rings. The Morgan fingerprint density at radius 2 is 1.38 bits per heavy atom. The molecule has 2 atom stereocenters. The Morgan fingerprint density at radius 3 is 1.62 bits per heavy atom. The first kappa shape index (κ1) is 27.2. The summed E-state index contributed by atoms with van der Waals surface area (Å²) >= 11 is 0. The van der Waals surface area contributed by atoms with Crippen molar-refractivity contribution in [1.82, 2.24) is 0 Å². The normalized spacial score (nSPS) is 22.6. The van der Waals surface area contributed by atoms with Crippen LogP contribution >= 0.6 is 0 Å². The Hall–Kier alpha value is 1.34. The minimum Gasteiger partial charge on any atom is -0.551 e. The van der Waals surface area contributed by atoms with Crippen molar-refractivity contribution in [1.29, 1.82) is 0 Å². The van der Waals surface area contributed by atoms with Crippen LogP contribution in [0.5, 0.6) is 0 Å². The van der Waals surface area contributed by atoms with Gasteiger partial charge < -0.3 is 18.1 Å². The second-order valence-corrected chi connectivity index (χ2v) is 9.12. The third-order valence-electron chi connectivity index (χ3n) is 2.58. The van der Waals surface area contributed by atoms with Gasteiger partial charge in [-0.3, -0.25) is 5.92 Å². The van der Waals surface area contributed by atoms with E-state index in [0.29, 0.717) is 12.0 Å². The predicted molar refractivity (Wildman–Crippen MR) is 85.3 cm³/mol. The minimum atomic E-state index is 0. The summed E-state index contributed by atoms with van der Waals surface area (Å²) in [6.45, 7) is 25.5. The van der Waals surface area contributed by atoms with Crippen LogP contribution in [0.25, 0.3) is 0 Å². The molecule has 0 radical (unpaired) electrons. The summed E-state index contributed by atoms with van der Waals surface area (Å²) in [7, 11) is 0. The quantitative estimate of drug-likeness (QED) is 0.336. The van der Waals surface area contributed by atoms with Crippen LogP contribution in [0.1, 0.15) is 68.7 Å². The summed E-state index contributed by atoms with van der Waals surface area (Å²) in [5, 5.41) is 0. The van der Waals surface area contributed by atoms with Crippen LogP contribution in [0.15, 0.2) is 0 Å². The average molecular weight is 635 g/mol. The minimum absolute atomic E-state index is 0. The van der Waals surface area contributed by atoms with E-state index in [-0.39, 0.29) is 58.4 Å². The second-order valence-electron chi connectivity index (χ2n) is 9.12. The van der Waals surface area contributed by atoms with Crippen molar-refractivity contribution in [3.8, 4) is 0 Å². The maximum absolute atomic E-state index is 5.72. The van der Waals surface area contributed by atoms with E-state index in [2.05, 4.69) is 75.7 Å². The Balaban J connectivity index is -0.000000405. The molecule has 0 spiro atoms. The Morgan fingerprint density at radius 1 is 1.00 bits per heavy atom. The van der Waals surface area contributed by atoms with Gasteiger partial charge in [0.1, 0.15) is 0 Å². The van der Waals surface area contributed by atoms with Crippen molar-refractivity contribution in [2.24, 2.45) is 22.2 Å². The molecule has 0 amide bonds. The maximum Gasteiger partial charge on any atom is 2.00 e. The molecule has 1 nitrogen and oxygen atoms in total. The average Bonchev–Trinajstić information content (AvgIpc) is 2.44. The maximum atomic E-state index is 5.72. The molecule has 1 rings (SSSR count). The van der Waals surface area contributed by atoms with Crippen LogP contribution < -0.4 is 0 Å². The summed E-state index contributed by atoms with van der Waals surface area (Å²) in [4.78, 5) is 0. The van der Waals surface area contributed by atoms with Gasteiger partial charge in [0.15, 0.2) is 0 Å². The molecule has 3 heteroatoms. The summed E-state index contributed by atoms with van der Waals surface area (Å²) in [5.74, 6) is 0.527. The number of hydrogen-bond donors (Lipinski definition) is 0. The first-order valence-corrected chi connectivity index (χ1v) is 7.39. The van der Waals surface area contributed by atoms with Crippen LogP contribution in [0, 0.1) is 42.1 Å². The Kier molecular flexibility index (Phi) is 13.3. The first-order chi connectivity index (χ1) is 8.18. The zero-order valence-corrected chi connectivity index (χ0v) is 21.3. The molecule has 0 aliphatic carbocycles. The van der Waals surface area contributed by atoms with Crippen molar-refractivity contribution >= 4 is 0 Å². The van der Waals surface area contributed by atoms with Gasteiger partial charge in [0.25, 0.3) is 0 Å². The van der Waals surface area contributed by atoms with Crippen LogP contribution in [-0.2, 0) is 46.9 Å². The molecular formula is C18H35OW2-. The molecule has 0 aromatic carbocycles. The molecule has 0 bridgehead atoms. The van der Waals surface area contributed by atoms with Crippen molar-refractivity contribution in [2.45, 2.75) is 74.8 Å². The zero-order valence-electron chi connectivity index (χ0n) is 15.4. The fraction of sp³-hybridized carbons (Fsp3) is 0.833. The van der Waals surface area contributed by atoms with Crippen LogP contribution in [-0.4, -0.2) is 6.10 Å². The number of rotatable bonds is 1. The molecule has 126 valence electrons. The first-order valence-electron chi connectivity index (χ1n) is 7.39. The van der Waals surface area contributed by atoms with Gasteiger partial charge in [0.05, 0.1) is 0 Å². The summed E-state index contributed by atoms with van der Waals surface area (Å²) in [6, 6.07) is 0. The van der Waals surface area contributed by atoms with Gasteiger partial charge in [-0.05, 0) is 5.41 Å². The summed E-state index contributed by atoms with van der Waals surface area (Å²) in [6.07, 6.45) is 3.91. The fourth-order valence-corrected chi connectivity index (χ4v) is 1.86. The molecule has 1 aliphatic heterocycles. The Bertz CT molecular complexity index is 250. The van der Waals surface area contributed by atoms with Crippen molar-refractivity contribution in [2.75, 3.05) is 0 Å². The fourth-order valence-electron chi connectivity index (χ4n) is 1.86. The largest absolute Gasteiger partial charge is 2.00 e. The van der Waals surface area contributed by atoms with Crippen molar-refractivity contribution in [3.63, 3.8) is 0 Å². The second kappa shape index (κ2) is 10.3. The van der Waals surface area contributed by atoms with E-state index in [9.17, 15) is 0 Å². The van der Waals surface area contributed by atoms with Gasteiger partial charge in [0, 0.05) is 27.2 Å². The molecule has 2 unspecified atom stereocenters. The molecule has 21 heavy (non-hydrogen) atoms. The molecule has 1 fully saturated rings. The van der Waals surface area contributed by atoms with Crippen LogP contribution in [0.4, 0.5) is 0 Å². The smallest absolute Gasteiger partial charge is 0.551 e. The molecule has 1 saturated heterocycles. The molecule has 0 N–H and O–H groups in total. The zero-order chi connectivity index (χ0) is 15.5. The van der Waals surface area contributed by atoms with E-state index in [0.717, 1.165) is 6.42 Å². The molecule has 0 aromatic heterocycles. The van der Waals surface area contributed by atoms with E-state index in [1.807, 2.05) is 6.61 Å². The Labute approximate surface area is 163 Å². The molecule has 0 saturated carbocycles. The van der Waals surface area contributed by atoms with Crippen molar-refractivity contribution in [3.05, 3.63) is 20.0 Å². The van der Waals surface area contributed by atoms with E-state index in [1.54, 1.807) is 0 Å². The van der Waals surface area contributed by atoms with E-state index in [4.69, 9.17) is 4.74 Å². The van der Waals surface area contributed by atoms with Crippen LogP contribution in [0.3, 0.4) is 0 Å². The van der Waals surface area contributed by atoms with Gasteiger partial charge >= 0.3 is 21.1 Å². The van der Waals surface area contributed by atoms with Crippen LogP contribution in [0.2, 0.25) is 0 Å². The van der Waals surface area contributed by atoms with Gasteiger partial charge in [-0.25, -0.2) is 6.61 Å². The topological polar surface area (TPSA) is 9.23 Å². The number of hydrogen-bond acceptors (Lipinski definition) is 1. The van der Waals surface area contributed by atoms with Gasteiger partial charge in [-0.15, -0.1) is 0 Å². The third-order valence-corrected chi connectivity index (χ3v) is 2.58. The van der Waals surface area contributed by atoms with E-state index < -0.39 is 0 Å². The molecule has 1 aliphatic rings. The van der Waals surface area contributed by atoms with E-state index in [1.165, 1.54) is 0 Å². The number of ether oxygens (including phenoxy) is 1. The van der Waals surface area contributed by atoms with E-state index >= 15 is 0 Å². The monoisotopic (exact) mass is 635 g/mol. The summed E-state index contributed by atoms with van der Waals surface area (Å²) in [5.41, 5.74) is 0.800. The standard InChI is InChI=1S/C13H24O.C5H11.2W/c1-12(2,3)8-10-7-11(14-9-10)13(4,5)6;1-5(2,3)4;;/h8-11H,7H2,1-6H3;1H2,2-4H3;;/q-2;-1;;+2. The van der Waals surface area contributed by atoms with Gasteiger partial charge in [-0.2, -0.15) is 10.8 Å². The molecule has 1 heterocycles. The molecular weight excluding hydrogens is 600 g/mol. The van der Waals surface area contributed by atoms with Gasteiger partial charge in [0.2, 0.25) is 0 Å². The van der Waals surface area contributed by atoms with Crippen molar-refractivity contribution < 1.29 is 46.9 Å². The third kappa shape index (κ3) is 17.5.